The molecule has 4 heteroatoms. The fraction of sp³-hybridized carbons (Fsp3) is 0.278. The Bertz CT molecular complexity index is 638. The molecular weight excluding hydrogens is 278 g/mol. The summed E-state index contributed by atoms with van der Waals surface area (Å²) in [6.45, 7) is 6.37. The molecule has 1 amide bonds. The maximum Gasteiger partial charge on any atom is 0.259 e. The van der Waals surface area contributed by atoms with Crippen LogP contribution >= 0.6 is 0 Å². The van der Waals surface area contributed by atoms with Crippen LogP contribution in [0.15, 0.2) is 48.5 Å². The third-order valence-corrected chi connectivity index (χ3v) is 2.90. The monoisotopic (exact) mass is 299 g/mol. The van der Waals surface area contributed by atoms with Gasteiger partial charge in [0.05, 0.1) is 18.3 Å². The Labute approximate surface area is 131 Å². The van der Waals surface area contributed by atoms with E-state index in [-0.39, 0.29) is 12.0 Å². The van der Waals surface area contributed by atoms with E-state index in [1.807, 2.05) is 51.1 Å². The average Bonchev–Trinajstić information content (AvgIpc) is 2.48. The molecule has 2 rings (SSSR count). The van der Waals surface area contributed by atoms with Crippen molar-refractivity contribution < 1.29 is 14.3 Å². The number of carbonyl (C=O) groups is 1. The second-order valence-electron chi connectivity index (χ2n) is 5.08. The highest BCUT2D eigenvalue weighted by Crippen LogP contribution is 2.22. The Hall–Kier alpha value is -2.49. The Morgan fingerprint density at radius 2 is 1.91 bits per heavy atom. The van der Waals surface area contributed by atoms with E-state index in [1.54, 1.807) is 18.2 Å². The third kappa shape index (κ3) is 4.25. The van der Waals surface area contributed by atoms with E-state index in [0.29, 0.717) is 23.6 Å². The Morgan fingerprint density at radius 3 is 2.64 bits per heavy atom. The smallest absolute Gasteiger partial charge is 0.259 e. The van der Waals surface area contributed by atoms with Crippen molar-refractivity contribution in [3.63, 3.8) is 0 Å². The number of nitrogens with one attached hydrogen (secondary N) is 1. The minimum atomic E-state index is -0.204. The summed E-state index contributed by atoms with van der Waals surface area (Å²) in [4.78, 5) is 12.5. The molecule has 2 aromatic rings. The highest BCUT2D eigenvalue weighted by atomic mass is 16.5. The molecule has 0 saturated carbocycles. The first kappa shape index (κ1) is 15.9. The highest BCUT2D eigenvalue weighted by Gasteiger charge is 2.13. The molecule has 116 valence electrons. The first-order valence-corrected chi connectivity index (χ1v) is 7.40. The molecule has 0 radical (unpaired) electrons. The maximum absolute atomic E-state index is 12.5. The minimum Gasteiger partial charge on any atom is -0.494 e. The van der Waals surface area contributed by atoms with Gasteiger partial charge in [-0.1, -0.05) is 18.2 Å². The van der Waals surface area contributed by atoms with Crippen LogP contribution in [0.4, 0.5) is 5.69 Å². The lowest BCUT2D eigenvalue weighted by Gasteiger charge is -2.14. The molecule has 0 aromatic heterocycles. The molecule has 1 N–H and O–H groups in total. The van der Waals surface area contributed by atoms with Crippen molar-refractivity contribution in [2.45, 2.75) is 26.9 Å². The van der Waals surface area contributed by atoms with Crippen LogP contribution in [0, 0.1) is 0 Å². The van der Waals surface area contributed by atoms with Crippen molar-refractivity contribution in [3.8, 4) is 11.5 Å². The fourth-order valence-electron chi connectivity index (χ4n) is 2.04. The zero-order chi connectivity index (χ0) is 15.9. The highest BCUT2D eigenvalue weighted by molar-refractivity contribution is 6.06. The standard InChI is InChI=1S/C18H21NO3/c1-4-21-15-9-7-8-14(12-15)19-18(20)16-10-5-6-11-17(16)22-13(2)3/h5-13H,4H2,1-3H3,(H,19,20). The summed E-state index contributed by atoms with van der Waals surface area (Å²) in [5.74, 6) is 1.10. The molecule has 0 aliphatic heterocycles. The quantitative estimate of drug-likeness (QED) is 0.872. The van der Waals surface area contributed by atoms with Gasteiger partial charge in [-0.2, -0.15) is 0 Å². The molecule has 0 fully saturated rings. The minimum absolute atomic E-state index is 0.00947. The molecule has 0 aliphatic rings. The number of hydrogen-bond acceptors (Lipinski definition) is 3. The van der Waals surface area contributed by atoms with Gasteiger partial charge in [0.15, 0.2) is 0 Å². The number of anilines is 1. The topological polar surface area (TPSA) is 47.6 Å². The predicted octanol–water partition coefficient (Wildman–Crippen LogP) is 4.12. The van der Waals surface area contributed by atoms with Crippen LogP contribution in [0.1, 0.15) is 31.1 Å². The molecule has 0 heterocycles. The molecular formula is C18H21NO3. The van der Waals surface area contributed by atoms with Crippen LogP contribution in [-0.2, 0) is 0 Å². The van der Waals surface area contributed by atoms with Gasteiger partial charge in [0.1, 0.15) is 11.5 Å². The van der Waals surface area contributed by atoms with Crippen LogP contribution in [0.25, 0.3) is 0 Å². The Morgan fingerprint density at radius 1 is 1.14 bits per heavy atom. The number of hydrogen-bond donors (Lipinski definition) is 1. The summed E-state index contributed by atoms with van der Waals surface area (Å²) in [7, 11) is 0. The van der Waals surface area contributed by atoms with Gasteiger partial charge in [0.25, 0.3) is 5.91 Å². The molecule has 0 atom stereocenters. The lowest BCUT2D eigenvalue weighted by molar-refractivity contribution is 0.102. The molecule has 0 unspecified atom stereocenters. The first-order chi connectivity index (χ1) is 10.6. The molecule has 22 heavy (non-hydrogen) atoms. The SMILES string of the molecule is CCOc1cccc(NC(=O)c2ccccc2OC(C)C)c1. The van der Waals surface area contributed by atoms with Crippen molar-refractivity contribution in [2.75, 3.05) is 11.9 Å². The second kappa shape index (κ2) is 7.50. The summed E-state index contributed by atoms with van der Waals surface area (Å²) >= 11 is 0. The van der Waals surface area contributed by atoms with Gasteiger partial charge in [-0.25, -0.2) is 0 Å². The van der Waals surface area contributed by atoms with Crippen LogP contribution in [0.2, 0.25) is 0 Å². The van der Waals surface area contributed by atoms with E-state index < -0.39 is 0 Å². The molecule has 4 nitrogen and oxygen atoms in total. The molecule has 2 aromatic carbocycles. The molecule has 0 spiro atoms. The normalized spacial score (nSPS) is 10.4. The second-order valence-corrected chi connectivity index (χ2v) is 5.08. The van der Waals surface area contributed by atoms with Crippen LogP contribution < -0.4 is 14.8 Å². The number of para-hydroxylation sites is 1. The number of ether oxygens (including phenoxy) is 2. The number of benzene rings is 2. The van der Waals surface area contributed by atoms with E-state index in [2.05, 4.69) is 5.32 Å². The lowest BCUT2D eigenvalue weighted by atomic mass is 10.1. The van der Waals surface area contributed by atoms with Gasteiger partial charge in [-0.15, -0.1) is 0 Å². The zero-order valence-electron chi connectivity index (χ0n) is 13.1. The van der Waals surface area contributed by atoms with Gasteiger partial charge in [0.2, 0.25) is 0 Å². The van der Waals surface area contributed by atoms with Gasteiger partial charge < -0.3 is 14.8 Å². The van der Waals surface area contributed by atoms with Crippen LogP contribution in [0.3, 0.4) is 0 Å². The summed E-state index contributed by atoms with van der Waals surface area (Å²) in [6, 6.07) is 14.5. The van der Waals surface area contributed by atoms with E-state index in [4.69, 9.17) is 9.47 Å². The van der Waals surface area contributed by atoms with Crippen molar-refractivity contribution in [3.05, 3.63) is 54.1 Å². The number of rotatable bonds is 6. The van der Waals surface area contributed by atoms with Gasteiger partial charge >= 0.3 is 0 Å². The summed E-state index contributed by atoms with van der Waals surface area (Å²) in [5, 5.41) is 2.87. The molecule has 0 aliphatic carbocycles. The van der Waals surface area contributed by atoms with Crippen molar-refractivity contribution in [1.82, 2.24) is 0 Å². The van der Waals surface area contributed by atoms with E-state index >= 15 is 0 Å². The van der Waals surface area contributed by atoms with E-state index in [0.717, 1.165) is 5.75 Å². The average molecular weight is 299 g/mol. The first-order valence-electron chi connectivity index (χ1n) is 7.40. The molecule has 0 bridgehead atoms. The number of carbonyl (C=O) groups excluding carboxylic acids is 1. The Kier molecular flexibility index (Phi) is 5.42. The largest absolute Gasteiger partial charge is 0.494 e. The summed E-state index contributed by atoms with van der Waals surface area (Å²) in [6.07, 6.45) is 0.00947. The van der Waals surface area contributed by atoms with E-state index in [9.17, 15) is 4.79 Å². The van der Waals surface area contributed by atoms with Gasteiger partial charge in [-0.05, 0) is 45.0 Å². The summed E-state index contributed by atoms with van der Waals surface area (Å²) < 4.78 is 11.1. The predicted molar refractivity (Wildman–Crippen MR) is 87.8 cm³/mol. The van der Waals surface area contributed by atoms with Gasteiger partial charge in [-0.3, -0.25) is 4.79 Å². The lowest BCUT2D eigenvalue weighted by Crippen LogP contribution is -2.15. The van der Waals surface area contributed by atoms with Gasteiger partial charge in [0, 0.05) is 11.8 Å². The van der Waals surface area contributed by atoms with Crippen molar-refractivity contribution in [1.29, 1.82) is 0 Å². The number of amides is 1. The molecule has 0 saturated heterocycles. The van der Waals surface area contributed by atoms with E-state index in [1.165, 1.54) is 0 Å². The summed E-state index contributed by atoms with van der Waals surface area (Å²) in [5.41, 5.74) is 1.20. The van der Waals surface area contributed by atoms with Crippen LogP contribution in [-0.4, -0.2) is 18.6 Å². The zero-order valence-corrected chi connectivity index (χ0v) is 13.1. The van der Waals surface area contributed by atoms with Crippen molar-refractivity contribution >= 4 is 11.6 Å². The maximum atomic E-state index is 12.5. The van der Waals surface area contributed by atoms with Crippen LogP contribution in [0.5, 0.6) is 11.5 Å². The van der Waals surface area contributed by atoms with Crippen molar-refractivity contribution in [2.24, 2.45) is 0 Å². The Balaban J connectivity index is 2.17. The third-order valence-electron chi connectivity index (χ3n) is 2.90. The fourth-order valence-corrected chi connectivity index (χ4v) is 2.04.